The molecule has 78 valence electrons. The maximum Gasteiger partial charge on any atom is 0.250 e. The largest absolute Gasteiger partial charge is 0.398 e. The summed E-state index contributed by atoms with van der Waals surface area (Å²) in [7, 11) is 1.67. The van der Waals surface area contributed by atoms with E-state index in [4.69, 9.17) is 10.5 Å². The second-order valence-electron chi connectivity index (χ2n) is 3.19. The van der Waals surface area contributed by atoms with Crippen molar-refractivity contribution in [1.82, 2.24) is 4.57 Å². The predicted molar refractivity (Wildman–Crippen MR) is 56.2 cm³/mol. The molecule has 0 aliphatic rings. The third-order valence-electron chi connectivity index (χ3n) is 2.00. The van der Waals surface area contributed by atoms with Crippen molar-refractivity contribution in [2.75, 3.05) is 19.5 Å². The van der Waals surface area contributed by atoms with E-state index in [0.717, 1.165) is 19.4 Å². The van der Waals surface area contributed by atoms with Crippen molar-refractivity contribution < 1.29 is 4.74 Å². The first-order valence-corrected chi connectivity index (χ1v) is 4.69. The molecule has 1 rings (SSSR count). The average molecular weight is 196 g/mol. The molecule has 1 heterocycles. The van der Waals surface area contributed by atoms with Crippen LogP contribution in [0.25, 0.3) is 0 Å². The zero-order valence-electron chi connectivity index (χ0n) is 8.40. The van der Waals surface area contributed by atoms with Gasteiger partial charge in [0.15, 0.2) is 0 Å². The topological polar surface area (TPSA) is 57.2 Å². The van der Waals surface area contributed by atoms with Gasteiger partial charge >= 0.3 is 0 Å². The highest BCUT2D eigenvalue weighted by molar-refractivity contribution is 5.33. The molecular formula is C10H16N2O2. The Morgan fingerprint density at radius 1 is 1.43 bits per heavy atom. The molecular weight excluding hydrogens is 180 g/mol. The van der Waals surface area contributed by atoms with E-state index >= 15 is 0 Å². The number of hydrogen-bond donors (Lipinski definition) is 1. The number of nitrogens with zero attached hydrogens (tertiary/aromatic N) is 1. The molecule has 0 bridgehead atoms. The van der Waals surface area contributed by atoms with Gasteiger partial charge in [0.1, 0.15) is 0 Å². The van der Waals surface area contributed by atoms with Gasteiger partial charge < -0.3 is 15.0 Å². The van der Waals surface area contributed by atoms with Crippen LogP contribution in [-0.4, -0.2) is 18.3 Å². The van der Waals surface area contributed by atoms with Crippen molar-refractivity contribution in [2.24, 2.45) is 0 Å². The summed E-state index contributed by atoms with van der Waals surface area (Å²) in [5.74, 6) is 0. The van der Waals surface area contributed by atoms with Gasteiger partial charge in [-0.2, -0.15) is 0 Å². The predicted octanol–water partition coefficient (Wildman–Crippen LogP) is 0.857. The lowest BCUT2D eigenvalue weighted by Crippen LogP contribution is -2.19. The van der Waals surface area contributed by atoms with Crippen molar-refractivity contribution in [3.05, 3.63) is 28.7 Å². The molecule has 14 heavy (non-hydrogen) atoms. The first-order chi connectivity index (χ1) is 6.74. The van der Waals surface area contributed by atoms with Gasteiger partial charge in [-0.15, -0.1) is 0 Å². The summed E-state index contributed by atoms with van der Waals surface area (Å²) in [4.78, 5) is 11.3. The minimum atomic E-state index is -0.00313. The Balaban J connectivity index is 2.49. The summed E-state index contributed by atoms with van der Waals surface area (Å²) in [6, 6.07) is 3.11. The summed E-state index contributed by atoms with van der Waals surface area (Å²) in [6.07, 6.45) is 3.56. The van der Waals surface area contributed by atoms with E-state index in [1.165, 1.54) is 6.07 Å². The number of unbranched alkanes of at least 4 members (excludes halogenated alkanes) is 1. The first-order valence-electron chi connectivity index (χ1n) is 4.69. The Morgan fingerprint density at radius 3 is 2.93 bits per heavy atom. The molecule has 0 saturated heterocycles. The number of nitrogens with two attached hydrogens (primary N) is 1. The summed E-state index contributed by atoms with van der Waals surface area (Å²) >= 11 is 0. The quantitative estimate of drug-likeness (QED) is 0.710. The fourth-order valence-electron chi connectivity index (χ4n) is 1.25. The van der Waals surface area contributed by atoms with E-state index in [2.05, 4.69) is 0 Å². The zero-order chi connectivity index (χ0) is 10.4. The van der Waals surface area contributed by atoms with Gasteiger partial charge in [0.25, 0.3) is 5.56 Å². The average Bonchev–Trinajstić information content (AvgIpc) is 2.18. The Morgan fingerprint density at radius 2 is 2.21 bits per heavy atom. The SMILES string of the molecule is COCCCCn1cc(N)ccc1=O. The molecule has 1 aromatic heterocycles. The number of aromatic nitrogens is 1. The molecule has 0 fully saturated rings. The van der Waals surface area contributed by atoms with E-state index in [1.54, 1.807) is 23.9 Å². The highest BCUT2D eigenvalue weighted by Crippen LogP contribution is 1.98. The van der Waals surface area contributed by atoms with Crippen LogP contribution in [0.4, 0.5) is 5.69 Å². The van der Waals surface area contributed by atoms with E-state index in [0.29, 0.717) is 12.2 Å². The normalized spacial score (nSPS) is 10.4. The first kappa shape index (κ1) is 10.8. The second kappa shape index (κ2) is 5.44. The number of nitrogen functional groups attached to an aromatic ring is 1. The molecule has 4 heteroatoms. The fourth-order valence-corrected chi connectivity index (χ4v) is 1.25. The van der Waals surface area contributed by atoms with Crippen molar-refractivity contribution >= 4 is 5.69 Å². The number of hydrogen-bond acceptors (Lipinski definition) is 3. The molecule has 0 radical (unpaired) electrons. The summed E-state index contributed by atoms with van der Waals surface area (Å²) < 4.78 is 6.55. The third-order valence-corrected chi connectivity index (χ3v) is 2.00. The number of ether oxygens (including phenoxy) is 1. The molecule has 2 N–H and O–H groups in total. The fraction of sp³-hybridized carbons (Fsp3) is 0.500. The van der Waals surface area contributed by atoms with Crippen LogP contribution >= 0.6 is 0 Å². The highest BCUT2D eigenvalue weighted by Gasteiger charge is 1.95. The Kier molecular flexibility index (Phi) is 4.19. The summed E-state index contributed by atoms with van der Waals surface area (Å²) in [5.41, 5.74) is 6.19. The van der Waals surface area contributed by atoms with Gasteiger partial charge in [0.2, 0.25) is 0 Å². The van der Waals surface area contributed by atoms with Gasteiger partial charge in [0.05, 0.1) is 0 Å². The van der Waals surface area contributed by atoms with E-state index < -0.39 is 0 Å². The van der Waals surface area contributed by atoms with Crippen molar-refractivity contribution in [1.29, 1.82) is 0 Å². The Bertz CT molecular complexity index is 333. The lowest BCUT2D eigenvalue weighted by Gasteiger charge is -2.05. The molecule has 0 amide bonds. The van der Waals surface area contributed by atoms with Gasteiger partial charge in [-0.05, 0) is 18.9 Å². The molecule has 0 unspecified atom stereocenters. The molecule has 4 nitrogen and oxygen atoms in total. The van der Waals surface area contributed by atoms with Crippen LogP contribution in [-0.2, 0) is 11.3 Å². The lowest BCUT2D eigenvalue weighted by molar-refractivity contribution is 0.191. The smallest absolute Gasteiger partial charge is 0.250 e. The van der Waals surface area contributed by atoms with Crippen LogP contribution in [0.5, 0.6) is 0 Å². The van der Waals surface area contributed by atoms with Crippen molar-refractivity contribution in [3.8, 4) is 0 Å². The van der Waals surface area contributed by atoms with Gasteiger partial charge in [0, 0.05) is 38.2 Å². The molecule has 0 aliphatic heterocycles. The number of aryl methyl sites for hydroxylation is 1. The van der Waals surface area contributed by atoms with Crippen LogP contribution in [0.15, 0.2) is 23.1 Å². The highest BCUT2D eigenvalue weighted by atomic mass is 16.5. The molecule has 0 aliphatic carbocycles. The van der Waals surface area contributed by atoms with Crippen molar-refractivity contribution in [3.63, 3.8) is 0 Å². The van der Waals surface area contributed by atoms with Crippen LogP contribution in [0.3, 0.4) is 0 Å². The van der Waals surface area contributed by atoms with Gasteiger partial charge in [-0.25, -0.2) is 0 Å². The zero-order valence-corrected chi connectivity index (χ0v) is 8.40. The Labute approximate surface area is 83.3 Å². The maximum absolute atomic E-state index is 11.3. The van der Waals surface area contributed by atoms with Crippen molar-refractivity contribution in [2.45, 2.75) is 19.4 Å². The van der Waals surface area contributed by atoms with Crippen LogP contribution in [0.1, 0.15) is 12.8 Å². The van der Waals surface area contributed by atoms with Crippen LogP contribution < -0.4 is 11.3 Å². The monoisotopic (exact) mass is 196 g/mol. The van der Waals surface area contributed by atoms with E-state index in [9.17, 15) is 4.79 Å². The number of pyridine rings is 1. The van der Waals surface area contributed by atoms with Crippen LogP contribution in [0.2, 0.25) is 0 Å². The summed E-state index contributed by atoms with van der Waals surface area (Å²) in [5, 5.41) is 0. The lowest BCUT2D eigenvalue weighted by atomic mass is 10.3. The number of rotatable bonds is 5. The third kappa shape index (κ3) is 3.22. The van der Waals surface area contributed by atoms with E-state index in [1.807, 2.05) is 0 Å². The molecule has 0 saturated carbocycles. The maximum atomic E-state index is 11.3. The van der Waals surface area contributed by atoms with E-state index in [-0.39, 0.29) is 5.56 Å². The minimum absolute atomic E-state index is 0.00313. The minimum Gasteiger partial charge on any atom is -0.398 e. The molecule has 1 aromatic rings. The summed E-state index contributed by atoms with van der Waals surface area (Å²) in [6.45, 7) is 1.43. The van der Waals surface area contributed by atoms with Gasteiger partial charge in [-0.1, -0.05) is 0 Å². The molecule has 0 atom stereocenters. The van der Waals surface area contributed by atoms with Crippen LogP contribution in [0, 0.1) is 0 Å². The van der Waals surface area contributed by atoms with Gasteiger partial charge in [-0.3, -0.25) is 4.79 Å². The molecule has 0 spiro atoms. The standard InChI is InChI=1S/C10H16N2O2/c1-14-7-3-2-6-12-8-9(11)4-5-10(12)13/h4-5,8H,2-3,6-7,11H2,1H3. The number of methoxy groups -OCH3 is 1. The Hall–Kier alpha value is -1.29. The number of anilines is 1. The molecule has 0 aromatic carbocycles. The second-order valence-corrected chi connectivity index (χ2v) is 3.19.